The molecule has 4 heteroatoms. The van der Waals surface area contributed by atoms with Crippen molar-refractivity contribution >= 4 is 11.9 Å². The molecule has 1 atom stereocenters. The summed E-state index contributed by atoms with van der Waals surface area (Å²) in [6, 6.07) is 0. The summed E-state index contributed by atoms with van der Waals surface area (Å²) in [5.74, 6) is -1.98. The first-order chi connectivity index (χ1) is 18.1. The van der Waals surface area contributed by atoms with Crippen LogP contribution >= 0.6 is 0 Å². The Bertz CT molecular complexity index is 542. The maximum Gasteiger partial charge on any atom is 0.307 e. The molecular weight excluding hydrogens is 460 g/mol. The number of carboxylic acids is 1. The van der Waals surface area contributed by atoms with Gasteiger partial charge in [-0.1, -0.05) is 154 Å². The molecule has 0 saturated heterocycles. The molecule has 1 unspecified atom stereocenters. The molecule has 0 aliphatic heterocycles. The monoisotopic (exact) mass is 520 g/mol. The number of ether oxygens (including phenoxy) is 1. The molecule has 0 aromatic rings. The van der Waals surface area contributed by atoms with Gasteiger partial charge < -0.3 is 9.84 Å². The molecule has 0 saturated carbocycles. The van der Waals surface area contributed by atoms with E-state index in [1.807, 2.05) is 6.08 Å². The average molecular weight is 521 g/mol. The maximum atomic E-state index is 11.6. The van der Waals surface area contributed by atoms with Gasteiger partial charge in [0.25, 0.3) is 0 Å². The van der Waals surface area contributed by atoms with Crippen molar-refractivity contribution in [3.63, 3.8) is 0 Å². The van der Waals surface area contributed by atoms with E-state index in [1.54, 1.807) is 0 Å². The lowest BCUT2D eigenvalue weighted by Crippen LogP contribution is -2.19. The van der Waals surface area contributed by atoms with Gasteiger partial charge in [-0.15, -0.1) is 6.58 Å². The van der Waals surface area contributed by atoms with Crippen molar-refractivity contribution in [2.45, 2.75) is 161 Å². The van der Waals surface area contributed by atoms with Crippen molar-refractivity contribution < 1.29 is 19.4 Å². The lowest BCUT2D eigenvalue weighted by molar-refractivity contribution is -0.151. The van der Waals surface area contributed by atoms with E-state index in [9.17, 15) is 14.7 Å². The minimum absolute atomic E-state index is 0.0411. The van der Waals surface area contributed by atoms with Gasteiger partial charge in [0.2, 0.25) is 0 Å². The molecule has 0 radical (unpaired) electrons. The molecule has 0 amide bonds. The van der Waals surface area contributed by atoms with Gasteiger partial charge in [0.1, 0.15) is 6.61 Å². The van der Waals surface area contributed by atoms with E-state index in [2.05, 4.69) is 13.2 Å². The van der Waals surface area contributed by atoms with Crippen LogP contribution in [0.2, 0.25) is 0 Å². The minimum atomic E-state index is -0.900. The molecule has 0 aromatic carbocycles. The number of hydrogen-bond donors (Lipinski definition) is 1. The zero-order chi connectivity index (χ0) is 27.2. The van der Waals surface area contributed by atoms with E-state index in [-0.39, 0.29) is 13.0 Å². The SMILES string of the molecule is C=CCCCCCCCCCCCCCCCCCCCCCCCCC(CC(=O)OCC=C)C(=O)O. The first kappa shape index (κ1) is 35.4. The lowest BCUT2D eigenvalue weighted by Gasteiger charge is -2.11. The van der Waals surface area contributed by atoms with Crippen molar-refractivity contribution in [2.24, 2.45) is 5.92 Å². The van der Waals surface area contributed by atoms with E-state index in [4.69, 9.17) is 4.74 Å². The molecule has 0 aliphatic carbocycles. The molecule has 0 aliphatic rings. The Morgan fingerprint density at radius 3 is 1.24 bits per heavy atom. The number of aliphatic carboxylic acids is 1. The third-order valence-electron chi connectivity index (χ3n) is 7.34. The molecular formula is C33H60O4. The standard InChI is InChI=1S/C33H60O4/c1-3-5-6-7-8-9-10-11-12-13-14-15-16-17-18-19-20-21-22-23-24-25-26-27-28-31(33(35)36)30-32(34)37-29-4-2/h3-4,31H,1-2,5-30H2,(H,35,36). The van der Waals surface area contributed by atoms with Crippen LogP contribution in [0.25, 0.3) is 0 Å². The number of rotatable bonds is 30. The Balaban J connectivity index is 3.30. The van der Waals surface area contributed by atoms with Gasteiger partial charge in [0.05, 0.1) is 12.3 Å². The van der Waals surface area contributed by atoms with E-state index < -0.39 is 17.9 Å². The Kier molecular flexibility index (Phi) is 27.7. The molecule has 1 N–H and O–H groups in total. The summed E-state index contributed by atoms with van der Waals surface area (Å²) in [5, 5.41) is 9.30. The van der Waals surface area contributed by atoms with Gasteiger partial charge >= 0.3 is 11.9 Å². The number of carboxylic acid groups (broad SMARTS) is 1. The van der Waals surface area contributed by atoms with Crippen LogP contribution < -0.4 is 0 Å². The summed E-state index contributed by atoms with van der Waals surface area (Å²) in [7, 11) is 0. The highest BCUT2D eigenvalue weighted by molar-refractivity contribution is 5.78. The van der Waals surface area contributed by atoms with E-state index >= 15 is 0 Å². The highest BCUT2D eigenvalue weighted by Gasteiger charge is 2.21. The van der Waals surface area contributed by atoms with Crippen LogP contribution in [0.15, 0.2) is 25.3 Å². The summed E-state index contributed by atoms with van der Waals surface area (Å²) in [4.78, 5) is 23.0. The Labute approximate surface area is 229 Å². The summed E-state index contributed by atoms with van der Waals surface area (Å²) >= 11 is 0. The first-order valence-electron chi connectivity index (χ1n) is 15.7. The molecule has 37 heavy (non-hydrogen) atoms. The fraction of sp³-hybridized carbons (Fsp3) is 0.818. The van der Waals surface area contributed by atoms with Gasteiger partial charge in [-0.2, -0.15) is 0 Å². The van der Waals surface area contributed by atoms with E-state index in [1.165, 1.54) is 134 Å². The second-order valence-corrected chi connectivity index (χ2v) is 10.9. The summed E-state index contributed by atoms with van der Waals surface area (Å²) in [5.41, 5.74) is 0. The number of carbonyl (C=O) groups excluding carboxylic acids is 1. The van der Waals surface area contributed by atoms with Gasteiger partial charge in [0.15, 0.2) is 0 Å². The topological polar surface area (TPSA) is 63.6 Å². The van der Waals surface area contributed by atoms with Crippen LogP contribution in [0.5, 0.6) is 0 Å². The lowest BCUT2D eigenvalue weighted by atomic mass is 9.97. The Morgan fingerprint density at radius 1 is 0.568 bits per heavy atom. The van der Waals surface area contributed by atoms with Crippen molar-refractivity contribution in [3.8, 4) is 0 Å². The van der Waals surface area contributed by atoms with Gasteiger partial charge in [-0.3, -0.25) is 9.59 Å². The van der Waals surface area contributed by atoms with Crippen molar-refractivity contribution in [2.75, 3.05) is 6.61 Å². The van der Waals surface area contributed by atoms with Gasteiger partial charge in [0, 0.05) is 0 Å². The van der Waals surface area contributed by atoms with Crippen LogP contribution in [0.3, 0.4) is 0 Å². The molecule has 216 valence electrons. The summed E-state index contributed by atoms with van der Waals surface area (Å²) in [6.07, 6.45) is 34.6. The molecule has 0 spiro atoms. The number of unbranched alkanes of at least 4 members (excludes halogenated alkanes) is 22. The molecule has 4 nitrogen and oxygen atoms in total. The molecule has 0 rings (SSSR count). The number of carbonyl (C=O) groups is 2. The average Bonchev–Trinajstić information content (AvgIpc) is 2.89. The van der Waals surface area contributed by atoms with Crippen LogP contribution in [-0.2, 0) is 14.3 Å². The summed E-state index contributed by atoms with van der Waals surface area (Å²) < 4.78 is 4.91. The number of esters is 1. The normalized spacial score (nSPS) is 11.8. The molecule has 0 aromatic heterocycles. The number of allylic oxidation sites excluding steroid dienone is 1. The fourth-order valence-corrected chi connectivity index (χ4v) is 4.94. The molecule has 0 fully saturated rings. The first-order valence-corrected chi connectivity index (χ1v) is 15.7. The Morgan fingerprint density at radius 2 is 0.919 bits per heavy atom. The summed E-state index contributed by atoms with van der Waals surface area (Å²) in [6.45, 7) is 7.42. The second kappa shape index (κ2) is 29.0. The fourth-order valence-electron chi connectivity index (χ4n) is 4.94. The van der Waals surface area contributed by atoms with Crippen LogP contribution in [-0.4, -0.2) is 23.7 Å². The van der Waals surface area contributed by atoms with E-state index in [0.29, 0.717) is 6.42 Å². The predicted molar refractivity (Wildman–Crippen MR) is 158 cm³/mol. The van der Waals surface area contributed by atoms with Gasteiger partial charge in [-0.05, 0) is 19.3 Å². The predicted octanol–water partition coefficient (Wildman–Crippen LogP) is 10.4. The largest absolute Gasteiger partial charge is 0.481 e. The van der Waals surface area contributed by atoms with Crippen molar-refractivity contribution in [1.82, 2.24) is 0 Å². The highest BCUT2D eigenvalue weighted by atomic mass is 16.5. The van der Waals surface area contributed by atoms with Crippen LogP contribution in [0.1, 0.15) is 161 Å². The van der Waals surface area contributed by atoms with Crippen molar-refractivity contribution in [3.05, 3.63) is 25.3 Å². The zero-order valence-electron chi connectivity index (χ0n) is 24.2. The maximum absolute atomic E-state index is 11.6. The quantitative estimate of drug-likeness (QED) is 0.0581. The zero-order valence-corrected chi connectivity index (χ0v) is 24.2. The van der Waals surface area contributed by atoms with Crippen LogP contribution in [0, 0.1) is 5.92 Å². The van der Waals surface area contributed by atoms with Crippen LogP contribution in [0.4, 0.5) is 0 Å². The molecule has 0 heterocycles. The highest BCUT2D eigenvalue weighted by Crippen LogP contribution is 2.18. The third-order valence-corrected chi connectivity index (χ3v) is 7.34. The van der Waals surface area contributed by atoms with E-state index in [0.717, 1.165) is 19.3 Å². The van der Waals surface area contributed by atoms with Gasteiger partial charge in [-0.25, -0.2) is 0 Å². The molecule has 0 bridgehead atoms. The second-order valence-electron chi connectivity index (χ2n) is 10.9. The minimum Gasteiger partial charge on any atom is -0.481 e. The third kappa shape index (κ3) is 27.3. The number of hydrogen-bond acceptors (Lipinski definition) is 3. The Hall–Kier alpha value is -1.58. The van der Waals surface area contributed by atoms with Crippen molar-refractivity contribution in [1.29, 1.82) is 0 Å². The smallest absolute Gasteiger partial charge is 0.307 e.